The van der Waals surface area contributed by atoms with Crippen molar-refractivity contribution in [3.63, 3.8) is 0 Å². The molecule has 7 heteroatoms. The van der Waals surface area contributed by atoms with Gasteiger partial charge < -0.3 is 14.2 Å². The summed E-state index contributed by atoms with van der Waals surface area (Å²) in [5, 5.41) is 0.295. The first-order valence-corrected chi connectivity index (χ1v) is 8.38. The Labute approximate surface area is 146 Å². The summed E-state index contributed by atoms with van der Waals surface area (Å²) in [4.78, 5) is 43.2. The van der Waals surface area contributed by atoms with Crippen LogP contribution in [0.15, 0.2) is 23.1 Å². The number of hydrogen-bond acceptors (Lipinski definition) is 5. The van der Waals surface area contributed by atoms with Gasteiger partial charge in [-0.05, 0) is 39.8 Å². The van der Waals surface area contributed by atoms with Gasteiger partial charge in [0, 0.05) is 25.0 Å². The third-order valence-corrected chi connectivity index (χ3v) is 3.98. The van der Waals surface area contributed by atoms with Gasteiger partial charge >= 0.3 is 5.97 Å². The van der Waals surface area contributed by atoms with E-state index in [0.717, 1.165) is 5.69 Å². The number of aryl methyl sites for hydroxylation is 1. The van der Waals surface area contributed by atoms with Crippen molar-refractivity contribution in [1.29, 1.82) is 0 Å². The molecule has 0 N–H and O–H groups in total. The molecule has 134 valence electrons. The lowest BCUT2D eigenvalue weighted by atomic mass is 10.2. The highest BCUT2D eigenvalue weighted by Gasteiger charge is 2.19. The predicted molar refractivity (Wildman–Crippen MR) is 94.6 cm³/mol. The van der Waals surface area contributed by atoms with Crippen LogP contribution in [0, 0.1) is 6.92 Å². The molecule has 2 aromatic rings. The second-order valence-electron chi connectivity index (χ2n) is 5.61. The van der Waals surface area contributed by atoms with E-state index in [9.17, 15) is 14.4 Å². The van der Waals surface area contributed by atoms with E-state index in [0.29, 0.717) is 24.1 Å². The highest BCUT2D eigenvalue weighted by molar-refractivity contribution is 5.93. The van der Waals surface area contributed by atoms with E-state index in [-0.39, 0.29) is 24.6 Å². The van der Waals surface area contributed by atoms with Gasteiger partial charge in [0.05, 0.1) is 12.0 Å². The molecular weight excluding hydrogens is 322 g/mol. The fourth-order valence-electron chi connectivity index (χ4n) is 2.66. The SMILES string of the molecule is CCOC(=O)c1cn(CC(=O)N(CC)CC)c2nc(C)ccc2c1=O. The first-order valence-electron chi connectivity index (χ1n) is 8.38. The number of pyridine rings is 2. The van der Waals surface area contributed by atoms with Crippen LogP contribution in [-0.4, -0.2) is 46.0 Å². The summed E-state index contributed by atoms with van der Waals surface area (Å²) in [6.45, 7) is 8.62. The zero-order valence-electron chi connectivity index (χ0n) is 15.0. The zero-order chi connectivity index (χ0) is 18.6. The van der Waals surface area contributed by atoms with Gasteiger partial charge in [-0.1, -0.05) is 0 Å². The third-order valence-electron chi connectivity index (χ3n) is 3.98. The third kappa shape index (κ3) is 3.87. The smallest absolute Gasteiger partial charge is 0.343 e. The van der Waals surface area contributed by atoms with Gasteiger partial charge in [0.2, 0.25) is 11.3 Å². The van der Waals surface area contributed by atoms with Crippen molar-refractivity contribution >= 4 is 22.9 Å². The number of nitrogens with zero attached hydrogens (tertiary/aromatic N) is 3. The molecule has 7 nitrogen and oxygen atoms in total. The van der Waals surface area contributed by atoms with Gasteiger partial charge in [-0.2, -0.15) is 0 Å². The van der Waals surface area contributed by atoms with E-state index in [1.165, 1.54) is 6.20 Å². The molecule has 1 amide bonds. The van der Waals surface area contributed by atoms with Gasteiger partial charge in [-0.25, -0.2) is 9.78 Å². The van der Waals surface area contributed by atoms with E-state index in [1.807, 2.05) is 13.8 Å². The Morgan fingerprint density at radius 1 is 1.20 bits per heavy atom. The fourth-order valence-corrected chi connectivity index (χ4v) is 2.66. The molecule has 0 aliphatic rings. The van der Waals surface area contributed by atoms with Crippen LogP contribution in [-0.2, 0) is 16.1 Å². The number of carbonyl (C=O) groups is 2. The van der Waals surface area contributed by atoms with Gasteiger partial charge in [-0.3, -0.25) is 9.59 Å². The summed E-state index contributed by atoms with van der Waals surface area (Å²) < 4.78 is 6.52. The molecular formula is C18H23N3O4. The van der Waals surface area contributed by atoms with E-state index in [4.69, 9.17) is 4.74 Å². The van der Waals surface area contributed by atoms with Crippen LogP contribution >= 0.6 is 0 Å². The molecule has 0 atom stereocenters. The van der Waals surface area contributed by atoms with Crippen LogP contribution in [0.1, 0.15) is 36.8 Å². The standard InChI is InChI=1S/C18H23N3O4/c1-5-20(6-2)15(22)11-21-10-14(18(24)25-7-3)16(23)13-9-8-12(4)19-17(13)21/h8-10H,5-7,11H2,1-4H3. The molecule has 0 aliphatic heterocycles. The Morgan fingerprint density at radius 2 is 1.88 bits per heavy atom. The molecule has 0 aromatic carbocycles. The molecule has 0 bridgehead atoms. The lowest BCUT2D eigenvalue weighted by Gasteiger charge is -2.20. The van der Waals surface area contributed by atoms with Crippen molar-refractivity contribution in [2.24, 2.45) is 0 Å². The molecule has 0 radical (unpaired) electrons. The summed E-state index contributed by atoms with van der Waals surface area (Å²) in [5.74, 6) is -0.799. The number of hydrogen-bond donors (Lipinski definition) is 0. The van der Waals surface area contributed by atoms with Crippen LogP contribution in [0.4, 0.5) is 0 Å². The predicted octanol–water partition coefficient (Wildman–Crippen LogP) is 1.75. The lowest BCUT2D eigenvalue weighted by Crippen LogP contribution is -2.34. The zero-order valence-corrected chi connectivity index (χ0v) is 15.0. The van der Waals surface area contributed by atoms with Crippen molar-refractivity contribution in [2.45, 2.75) is 34.2 Å². The second-order valence-corrected chi connectivity index (χ2v) is 5.61. The molecule has 0 saturated carbocycles. The maximum atomic E-state index is 12.6. The summed E-state index contributed by atoms with van der Waals surface area (Å²) in [6.07, 6.45) is 1.37. The van der Waals surface area contributed by atoms with Gasteiger partial charge in [-0.15, -0.1) is 0 Å². The molecule has 2 heterocycles. The monoisotopic (exact) mass is 345 g/mol. The number of aromatic nitrogens is 2. The van der Waals surface area contributed by atoms with Crippen LogP contribution in [0.5, 0.6) is 0 Å². The van der Waals surface area contributed by atoms with Gasteiger partial charge in [0.15, 0.2) is 0 Å². The molecule has 2 aromatic heterocycles. The molecule has 0 aliphatic carbocycles. The summed E-state index contributed by atoms with van der Waals surface area (Å²) >= 11 is 0. The van der Waals surface area contributed by atoms with Gasteiger partial charge in [0.1, 0.15) is 17.8 Å². The normalized spacial score (nSPS) is 10.7. The Hall–Kier alpha value is -2.70. The first-order chi connectivity index (χ1) is 11.9. The van der Waals surface area contributed by atoms with Crippen molar-refractivity contribution in [1.82, 2.24) is 14.5 Å². The lowest BCUT2D eigenvalue weighted by molar-refractivity contribution is -0.131. The van der Waals surface area contributed by atoms with Crippen molar-refractivity contribution in [3.8, 4) is 0 Å². The van der Waals surface area contributed by atoms with E-state index in [1.54, 1.807) is 35.4 Å². The highest BCUT2D eigenvalue weighted by atomic mass is 16.5. The minimum absolute atomic E-state index is 0.00131. The van der Waals surface area contributed by atoms with E-state index >= 15 is 0 Å². The molecule has 0 spiro atoms. The molecule has 0 unspecified atom stereocenters. The quantitative estimate of drug-likeness (QED) is 0.745. The molecule has 25 heavy (non-hydrogen) atoms. The van der Waals surface area contributed by atoms with E-state index < -0.39 is 11.4 Å². The Kier molecular flexibility index (Phi) is 5.90. The number of amides is 1. The van der Waals surface area contributed by atoms with E-state index in [2.05, 4.69) is 4.98 Å². The molecule has 0 fully saturated rings. The summed E-state index contributed by atoms with van der Waals surface area (Å²) in [7, 11) is 0. The minimum Gasteiger partial charge on any atom is -0.462 e. The van der Waals surface area contributed by atoms with Crippen LogP contribution < -0.4 is 5.43 Å². The number of likely N-dealkylation sites (N-methyl/N-ethyl adjacent to an activating group) is 1. The Morgan fingerprint density at radius 3 is 2.48 bits per heavy atom. The van der Waals surface area contributed by atoms with Crippen molar-refractivity contribution in [3.05, 3.63) is 39.8 Å². The first kappa shape index (κ1) is 18.6. The number of esters is 1. The van der Waals surface area contributed by atoms with Crippen molar-refractivity contribution in [2.75, 3.05) is 19.7 Å². The average molecular weight is 345 g/mol. The van der Waals surface area contributed by atoms with Crippen LogP contribution in [0.2, 0.25) is 0 Å². The van der Waals surface area contributed by atoms with Crippen LogP contribution in [0.25, 0.3) is 11.0 Å². The molecule has 0 saturated heterocycles. The number of carbonyl (C=O) groups excluding carboxylic acids is 2. The largest absolute Gasteiger partial charge is 0.462 e. The Balaban J connectivity index is 2.62. The molecule has 2 rings (SSSR count). The van der Waals surface area contributed by atoms with Gasteiger partial charge in [0.25, 0.3) is 0 Å². The second kappa shape index (κ2) is 7.92. The summed E-state index contributed by atoms with van der Waals surface area (Å²) in [5.41, 5.74) is 0.582. The fraction of sp³-hybridized carbons (Fsp3) is 0.444. The minimum atomic E-state index is -0.695. The number of ether oxygens (including phenoxy) is 1. The highest BCUT2D eigenvalue weighted by Crippen LogP contribution is 2.12. The average Bonchev–Trinajstić information content (AvgIpc) is 2.58. The van der Waals surface area contributed by atoms with Crippen molar-refractivity contribution < 1.29 is 14.3 Å². The maximum Gasteiger partial charge on any atom is 0.343 e. The topological polar surface area (TPSA) is 81.5 Å². The summed E-state index contributed by atoms with van der Waals surface area (Å²) in [6, 6.07) is 3.33. The number of fused-ring (bicyclic) bond motifs is 1. The number of rotatable bonds is 6. The maximum absolute atomic E-state index is 12.6. The Bertz CT molecular complexity index is 853. The van der Waals surface area contributed by atoms with Crippen LogP contribution in [0.3, 0.4) is 0 Å².